The van der Waals surface area contributed by atoms with E-state index in [0.717, 1.165) is 4.90 Å². The molecule has 0 bridgehead atoms. The zero-order valence-corrected chi connectivity index (χ0v) is 19.3. The van der Waals surface area contributed by atoms with Crippen LogP contribution in [0.4, 0.5) is 4.79 Å². The molecule has 1 aromatic rings. The van der Waals surface area contributed by atoms with E-state index in [2.05, 4.69) is 10.6 Å². The summed E-state index contributed by atoms with van der Waals surface area (Å²) in [6.45, 7) is 1.34. The van der Waals surface area contributed by atoms with E-state index in [1.807, 2.05) is 18.2 Å². The summed E-state index contributed by atoms with van der Waals surface area (Å²) >= 11 is 0. The van der Waals surface area contributed by atoms with Crippen LogP contribution in [-0.4, -0.2) is 54.4 Å². The van der Waals surface area contributed by atoms with Crippen molar-refractivity contribution < 1.29 is 33.4 Å². The molecule has 0 spiro atoms. The maximum atomic E-state index is 12.7. The minimum atomic E-state index is -0.783. The van der Waals surface area contributed by atoms with Crippen LogP contribution >= 0.6 is 0 Å². The van der Waals surface area contributed by atoms with Crippen LogP contribution < -0.4 is 10.6 Å². The van der Waals surface area contributed by atoms with Crippen molar-refractivity contribution in [1.82, 2.24) is 15.5 Å². The Balaban J connectivity index is 1.43. The number of carbonyl (C=O) groups is 5. The fourth-order valence-corrected chi connectivity index (χ4v) is 4.59. The van der Waals surface area contributed by atoms with Crippen molar-refractivity contribution >= 4 is 29.8 Å². The summed E-state index contributed by atoms with van der Waals surface area (Å²) in [5, 5.41) is 5.23. The van der Waals surface area contributed by atoms with Crippen LogP contribution in [0, 0.1) is 11.8 Å². The Morgan fingerprint density at radius 2 is 1.66 bits per heavy atom. The molecule has 4 rings (SSSR count). The molecule has 4 amide bonds. The number of nitrogens with zero attached hydrogens (tertiary/aromatic N) is 1. The van der Waals surface area contributed by atoms with Crippen LogP contribution in [0.5, 0.6) is 0 Å². The van der Waals surface area contributed by atoms with Crippen LogP contribution in [0.3, 0.4) is 0 Å². The minimum Gasteiger partial charge on any atom is -0.463 e. The Kier molecular flexibility index (Phi) is 7.28. The molecule has 2 N–H and O–H groups in total. The van der Waals surface area contributed by atoms with Gasteiger partial charge in [-0.15, -0.1) is 0 Å². The zero-order valence-electron chi connectivity index (χ0n) is 19.3. The van der Waals surface area contributed by atoms with E-state index in [9.17, 15) is 24.0 Å². The number of benzene rings is 1. The van der Waals surface area contributed by atoms with Gasteiger partial charge in [0.1, 0.15) is 6.61 Å². The first-order valence-corrected chi connectivity index (χ1v) is 11.6. The van der Waals surface area contributed by atoms with Crippen molar-refractivity contribution in [2.45, 2.75) is 32.2 Å². The van der Waals surface area contributed by atoms with E-state index < -0.39 is 24.0 Å². The number of hydrogen-bond acceptors (Lipinski definition) is 7. The Morgan fingerprint density at radius 1 is 1.00 bits per heavy atom. The lowest BCUT2D eigenvalue weighted by atomic mass is 9.85. The molecule has 184 valence electrons. The van der Waals surface area contributed by atoms with E-state index in [1.165, 1.54) is 0 Å². The number of hydrogen-bond donors (Lipinski definition) is 2. The number of rotatable bonds is 8. The normalized spacial score (nSPS) is 23.5. The molecule has 2 heterocycles. The number of urea groups is 1. The van der Waals surface area contributed by atoms with Crippen LogP contribution in [-0.2, 0) is 28.7 Å². The molecule has 35 heavy (non-hydrogen) atoms. The third kappa shape index (κ3) is 5.11. The number of ether oxygens (including phenoxy) is 2. The Morgan fingerprint density at radius 3 is 2.29 bits per heavy atom. The number of allylic oxidation sites excluding steroid dienone is 2. The highest BCUT2D eigenvalue weighted by Crippen LogP contribution is 2.35. The van der Waals surface area contributed by atoms with Crippen molar-refractivity contribution in [2.24, 2.45) is 11.8 Å². The van der Waals surface area contributed by atoms with Gasteiger partial charge < -0.3 is 20.1 Å². The standard InChI is InChI=1S/C25H27N3O7/c1-2-34-24(32)20-18(26-25(33)27-21(20)15-8-4-3-5-9-15)14-35-19(29)12-13-28-22(30)16-10-6-7-11-17(16)23(28)31/h3-9,16-17,21H,2,10-14H2,1H3,(H2,26,27,33)/t16-,17-,21+/m0/s1. The first kappa shape index (κ1) is 24.2. The van der Waals surface area contributed by atoms with Crippen LogP contribution in [0.25, 0.3) is 0 Å². The Labute approximate surface area is 202 Å². The molecule has 1 aliphatic carbocycles. The summed E-state index contributed by atoms with van der Waals surface area (Å²) in [5.41, 5.74) is 0.906. The largest absolute Gasteiger partial charge is 0.463 e. The molecule has 3 atom stereocenters. The van der Waals surface area contributed by atoms with Gasteiger partial charge in [0.25, 0.3) is 0 Å². The summed E-state index contributed by atoms with van der Waals surface area (Å²) in [7, 11) is 0. The van der Waals surface area contributed by atoms with Gasteiger partial charge in [0, 0.05) is 6.54 Å². The average Bonchev–Trinajstić information content (AvgIpc) is 3.11. The number of imide groups is 1. The van der Waals surface area contributed by atoms with Crippen molar-refractivity contribution in [2.75, 3.05) is 19.8 Å². The van der Waals surface area contributed by atoms with Gasteiger partial charge in [-0.25, -0.2) is 9.59 Å². The first-order valence-electron chi connectivity index (χ1n) is 11.6. The number of nitrogens with one attached hydrogen (secondary N) is 2. The molecular formula is C25H27N3O7. The fourth-order valence-electron chi connectivity index (χ4n) is 4.59. The quantitative estimate of drug-likeness (QED) is 0.328. The highest BCUT2D eigenvalue weighted by atomic mass is 16.5. The zero-order chi connectivity index (χ0) is 24.9. The number of fused-ring (bicyclic) bond motifs is 1. The van der Waals surface area contributed by atoms with Gasteiger partial charge in [0.2, 0.25) is 11.8 Å². The smallest absolute Gasteiger partial charge is 0.338 e. The fraction of sp³-hybridized carbons (Fsp3) is 0.400. The predicted molar refractivity (Wildman–Crippen MR) is 122 cm³/mol. The van der Waals surface area contributed by atoms with Crippen molar-refractivity contribution in [1.29, 1.82) is 0 Å². The molecule has 0 radical (unpaired) electrons. The highest BCUT2D eigenvalue weighted by molar-refractivity contribution is 6.05. The van der Waals surface area contributed by atoms with E-state index in [1.54, 1.807) is 31.2 Å². The highest BCUT2D eigenvalue weighted by Gasteiger charge is 2.47. The van der Waals surface area contributed by atoms with Crippen molar-refractivity contribution in [3.05, 3.63) is 59.3 Å². The maximum Gasteiger partial charge on any atom is 0.338 e. The van der Waals surface area contributed by atoms with Gasteiger partial charge in [0.05, 0.1) is 42.2 Å². The van der Waals surface area contributed by atoms with E-state index in [4.69, 9.17) is 9.47 Å². The minimum absolute atomic E-state index is 0.0756. The van der Waals surface area contributed by atoms with Gasteiger partial charge in [-0.3, -0.25) is 19.3 Å². The Bertz CT molecular complexity index is 1070. The number of esters is 2. The molecule has 2 aliphatic heterocycles. The van der Waals surface area contributed by atoms with Gasteiger partial charge in [-0.2, -0.15) is 0 Å². The molecular weight excluding hydrogens is 454 g/mol. The summed E-state index contributed by atoms with van der Waals surface area (Å²) in [4.78, 5) is 63.7. The summed E-state index contributed by atoms with van der Waals surface area (Å²) in [5.74, 6) is -2.56. The van der Waals surface area contributed by atoms with E-state index in [-0.39, 0.29) is 61.1 Å². The third-order valence-corrected chi connectivity index (χ3v) is 6.30. The first-order chi connectivity index (χ1) is 16.9. The monoisotopic (exact) mass is 481 g/mol. The second-order valence-electron chi connectivity index (χ2n) is 8.45. The van der Waals surface area contributed by atoms with E-state index in [0.29, 0.717) is 18.4 Å². The second kappa shape index (κ2) is 10.5. The molecule has 1 saturated heterocycles. The molecule has 3 aliphatic rings. The average molecular weight is 482 g/mol. The van der Waals surface area contributed by atoms with Gasteiger partial charge in [-0.05, 0) is 25.3 Å². The summed E-state index contributed by atoms with van der Waals surface area (Å²) in [6, 6.07) is 7.55. The Hall–Kier alpha value is -3.95. The maximum absolute atomic E-state index is 12.7. The van der Waals surface area contributed by atoms with Gasteiger partial charge in [0.15, 0.2) is 0 Å². The SMILES string of the molecule is CCOC(=O)C1=C(COC(=O)CCN2C(=O)[C@H]3CC=CC[C@@H]3C2=O)NC(=O)N[C@@H]1c1ccccc1. The van der Waals surface area contributed by atoms with Crippen LogP contribution in [0.2, 0.25) is 0 Å². The van der Waals surface area contributed by atoms with E-state index >= 15 is 0 Å². The molecule has 0 saturated carbocycles. The molecule has 1 aromatic carbocycles. The summed E-state index contributed by atoms with van der Waals surface area (Å²) in [6.07, 6.45) is 4.65. The van der Waals surface area contributed by atoms with Gasteiger partial charge in [-0.1, -0.05) is 42.5 Å². The number of likely N-dealkylation sites (tertiary alicyclic amines) is 1. The van der Waals surface area contributed by atoms with Crippen molar-refractivity contribution in [3.63, 3.8) is 0 Å². The lowest BCUT2D eigenvalue weighted by Crippen LogP contribution is -2.47. The molecule has 10 nitrogen and oxygen atoms in total. The molecule has 1 fully saturated rings. The summed E-state index contributed by atoms with van der Waals surface area (Å²) < 4.78 is 10.5. The second-order valence-corrected chi connectivity index (χ2v) is 8.45. The van der Waals surface area contributed by atoms with Crippen LogP contribution in [0.1, 0.15) is 37.8 Å². The predicted octanol–water partition coefficient (Wildman–Crippen LogP) is 1.74. The molecule has 10 heteroatoms. The molecule has 0 unspecified atom stereocenters. The topological polar surface area (TPSA) is 131 Å². The molecule has 0 aromatic heterocycles. The number of carbonyl (C=O) groups excluding carboxylic acids is 5. The van der Waals surface area contributed by atoms with Crippen molar-refractivity contribution in [3.8, 4) is 0 Å². The third-order valence-electron chi connectivity index (χ3n) is 6.30. The lowest BCUT2D eigenvalue weighted by Gasteiger charge is -2.29. The van der Waals surface area contributed by atoms with Gasteiger partial charge >= 0.3 is 18.0 Å². The number of amides is 4. The van der Waals surface area contributed by atoms with Crippen LogP contribution in [0.15, 0.2) is 53.8 Å². The lowest BCUT2D eigenvalue weighted by molar-refractivity contribution is -0.146.